The number of hydrogen-bond acceptors (Lipinski definition) is 1. The number of nitriles is 1. The first-order chi connectivity index (χ1) is 3.35. The second-order valence-corrected chi connectivity index (χ2v) is 4.19. The van der Waals surface area contributed by atoms with Gasteiger partial charge in [-0.3, -0.25) is 0 Å². The molecule has 0 bridgehead atoms. The molecule has 0 aromatic carbocycles. The fourth-order valence-corrected chi connectivity index (χ4v) is 0.762. The molecule has 0 amide bonds. The van der Waals surface area contributed by atoms with E-state index in [1.807, 2.05) is 0 Å². The van der Waals surface area contributed by atoms with Crippen molar-refractivity contribution < 1.29 is 26.7 Å². The van der Waals surface area contributed by atoms with Gasteiger partial charge >= 0.3 is 55.7 Å². The van der Waals surface area contributed by atoms with Crippen LogP contribution >= 0.6 is 0 Å². The number of hydrogen-bond donors (Lipinski definition) is 0. The molecule has 0 atom stereocenters. The summed E-state index contributed by atoms with van der Waals surface area (Å²) in [6.45, 7) is 6.34. The molecule has 0 rings (SSSR count). The summed E-state index contributed by atoms with van der Waals surface area (Å²) >= 11 is -1.24. The Balaban J connectivity index is 4.35. The van der Waals surface area contributed by atoms with Crippen molar-refractivity contribution in [2.45, 2.75) is 0 Å². The van der Waals surface area contributed by atoms with Gasteiger partial charge in [0, 0.05) is 0 Å². The molecule has 0 aliphatic rings. The van der Waals surface area contributed by atoms with E-state index in [1.165, 1.54) is 0 Å². The molecule has 0 saturated carbocycles. The van der Waals surface area contributed by atoms with E-state index in [0.29, 0.717) is 2.65 Å². The summed E-state index contributed by atoms with van der Waals surface area (Å²) in [4.78, 5) is 2.96. The minimum atomic E-state index is -1.24. The zero-order valence-corrected chi connectivity index (χ0v) is 7.77. The summed E-state index contributed by atoms with van der Waals surface area (Å²) in [5, 5.41) is 8.04. The predicted octanol–water partition coefficient (Wildman–Crippen LogP) is 0.0762. The zero-order chi connectivity index (χ0) is 5.70. The Morgan fingerprint density at radius 2 is 2.57 bits per heavy atom. The van der Waals surface area contributed by atoms with Gasteiger partial charge in [-0.15, -0.1) is 0 Å². The van der Waals surface area contributed by atoms with E-state index in [1.54, 1.807) is 6.07 Å². The zero-order valence-electron chi connectivity index (χ0n) is 3.60. The summed E-state index contributed by atoms with van der Waals surface area (Å²) in [6, 6.07) is 1.79. The fraction of sp³-hybridized carbons (Fsp3) is 0. The van der Waals surface area contributed by atoms with Crippen LogP contribution in [-0.4, -0.2) is 6.18 Å². The molecule has 0 saturated heterocycles. The number of rotatable bonds is 0. The van der Waals surface area contributed by atoms with Crippen LogP contribution in [0.15, 0.2) is 0 Å². The van der Waals surface area contributed by atoms with Gasteiger partial charge < -0.3 is 0 Å². The average Bonchev–Trinajstić information content (AvgIpc) is 1.72. The summed E-state index contributed by atoms with van der Waals surface area (Å²) in [5.74, 6) is 0. The Morgan fingerprint density at radius 3 is 2.57 bits per heavy atom. The van der Waals surface area contributed by atoms with E-state index >= 15 is 0 Å². The van der Waals surface area contributed by atoms with Gasteiger partial charge in [0.05, 0.1) is 0 Å². The molecule has 0 aromatic heterocycles. The van der Waals surface area contributed by atoms with Crippen LogP contribution in [0.1, 0.15) is 0 Å². The van der Waals surface area contributed by atoms with Crippen LogP contribution in [0, 0.1) is 44.6 Å². The molecule has 0 unspecified atom stereocenters. The van der Waals surface area contributed by atoms with Gasteiger partial charge in [-0.1, -0.05) is 0 Å². The normalized spacial score (nSPS) is 4.86. The molecule has 7 heavy (non-hydrogen) atoms. The fourth-order valence-electron chi connectivity index (χ4n) is 0.104. The van der Waals surface area contributed by atoms with E-state index in [0.717, 1.165) is 0 Å². The summed E-state index contributed by atoms with van der Waals surface area (Å²) in [6.07, 6.45) is 0. The van der Waals surface area contributed by atoms with Gasteiger partial charge in [0.15, 0.2) is 0 Å². The van der Waals surface area contributed by atoms with E-state index in [9.17, 15) is 0 Å². The summed E-state index contributed by atoms with van der Waals surface area (Å²) in [5.41, 5.74) is 0. The average molecular weight is 316 g/mol. The van der Waals surface area contributed by atoms with E-state index in [4.69, 9.17) is 11.8 Å². The predicted molar refractivity (Wildman–Crippen MR) is 24.3 cm³/mol. The van der Waals surface area contributed by atoms with Crippen molar-refractivity contribution in [1.29, 1.82) is 5.26 Å². The van der Waals surface area contributed by atoms with Crippen LogP contribution in [0.5, 0.6) is 0 Å². The Morgan fingerprint density at radius 1 is 2.00 bits per heavy atom. The number of nitrogens with zero attached hydrogens (tertiary/aromatic N) is 2. The van der Waals surface area contributed by atoms with Crippen LogP contribution in [0.4, 0.5) is 0 Å². The molecule has 0 aromatic rings. The molecule has 0 spiro atoms. The Labute approximate surface area is 55.5 Å². The summed E-state index contributed by atoms with van der Waals surface area (Å²) < 4.78 is 3.94. The maximum absolute atomic E-state index is 8.04. The van der Waals surface area contributed by atoms with Crippen LogP contribution < -0.4 is 0 Å². The van der Waals surface area contributed by atoms with Gasteiger partial charge in [0.2, 0.25) is 0 Å². The van der Waals surface area contributed by atoms with Crippen molar-refractivity contribution >= 4 is 6.18 Å². The van der Waals surface area contributed by atoms with Gasteiger partial charge in [-0.2, -0.15) is 0 Å². The van der Waals surface area contributed by atoms with Crippen LogP contribution in [0.2, 0.25) is 0 Å². The van der Waals surface area contributed by atoms with Crippen molar-refractivity contribution in [2.24, 2.45) is 0 Å². The monoisotopic (exact) mass is 316 g/mol. The third-order valence-corrected chi connectivity index (χ3v) is 2.71. The minimum absolute atomic E-state index is 0.376. The third kappa shape index (κ3) is 2.46. The molecule has 0 fully saturated rings. The molecule has 0 aliphatic carbocycles. The second kappa shape index (κ2) is 3.95. The van der Waals surface area contributed by atoms with Crippen LogP contribution in [-0.2, 0) is 0 Å². The van der Waals surface area contributed by atoms with Crippen molar-refractivity contribution in [3.8, 4) is 6.07 Å². The van der Waals surface area contributed by atoms with E-state index in [-0.39, 0.29) is 0 Å². The Bertz CT molecular complexity index is 171. The van der Waals surface area contributed by atoms with Crippen molar-refractivity contribution in [3.63, 3.8) is 0 Å². The first kappa shape index (κ1) is 6.77. The molecule has 0 radical (unpaired) electrons. The van der Waals surface area contributed by atoms with Crippen molar-refractivity contribution in [1.82, 2.24) is 0 Å². The van der Waals surface area contributed by atoms with E-state index in [2.05, 4.69) is 8.38 Å². The quantitative estimate of drug-likeness (QED) is 0.582. The van der Waals surface area contributed by atoms with E-state index < -0.39 is 26.7 Å². The third-order valence-electron chi connectivity index (χ3n) is 0.385. The first-order valence-electron chi connectivity index (χ1n) is 1.52. The first-order valence-corrected chi connectivity index (χ1v) is 6.55. The molecule has 3 heteroatoms. The van der Waals surface area contributed by atoms with Crippen molar-refractivity contribution in [2.75, 3.05) is 0 Å². The Kier molecular flexibility index (Phi) is 3.82. The second-order valence-electron chi connectivity index (χ2n) is 0.749. The van der Waals surface area contributed by atoms with Crippen molar-refractivity contribution in [3.05, 3.63) is 11.4 Å². The molecule has 0 heterocycles. The Hall–Kier alpha value is -0.228. The topological polar surface area (TPSA) is 28.1 Å². The molecular weight excluding hydrogens is 314 g/mol. The summed E-state index contributed by atoms with van der Waals surface area (Å²) in [7, 11) is 0. The molecule has 2 nitrogen and oxygen atoms in total. The molecule has 32 valence electrons. The molecule has 0 aliphatic heterocycles. The molecule has 0 N–H and O–H groups in total. The van der Waals surface area contributed by atoms with Gasteiger partial charge in [-0.05, 0) is 0 Å². The van der Waals surface area contributed by atoms with Gasteiger partial charge in [-0.25, -0.2) is 0 Å². The van der Waals surface area contributed by atoms with Gasteiger partial charge in [0.25, 0.3) is 0 Å². The van der Waals surface area contributed by atoms with Crippen LogP contribution in [0.3, 0.4) is 0 Å². The maximum atomic E-state index is 8.04. The standard InChI is InChI=1S/C3N2.CH2.U/c1-5-3-2-4;;/h;1H2;. The van der Waals surface area contributed by atoms with Gasteiger partial charge in [0.1, 0.15) is 0 Å². The SMILES string of the molecule is [C-]#[N+][C](C#N)=[U]=[CH2]. The molecular formula is C4H2N2U. The van der Waals surface area contributed by atoms with Crippen LogP contribution in [0.25, 0.3) is 4.85 Å².